The largest absolute Gasteiger partial charge is 0.322 e. The minimum absolute atomic E-state index is 0.314. The number of hydrogen-bond donors (Lipinski definition) is 2. The molecule has 0 bridgehead atoms. The van der Waals surface area contributed by atoms with Crippen molar-refractivity contribution in [2.75, 3.05) is 22.7 Å². The first-order chi connectivity index (χ1) is 16.4. The number of hydrogen-bond acceptors (Lipinski definition) is 4. The maximum atomic E-state index is 12.8. The predicted molar refractivity (Wildman–Crippen MR) is 135 cm³/mol. The molecular formula is C25H21ClN4O3S. The van der Waals surface area contributed by atoms with E-state index in [1.807, 2.05) is 36.4 Å². The number of pyridine rings is 1. The molecule has 0 spiro atoms. The van der Waals surface area contributed by atoms with Crippen molar-refractivity contribution >= 4 is 50.0 Å². The van der Waals surface area contributed by atoms with Crippen LogP contribution in [0, 0.1) is 0 Å². The first kappa shape index (κ1) is 22.3. The molecule has 0 unspecified atom stereocenters. The average molecular weight is 493 g/mol. The van der Waals surface area contributed by atoms with Crippen molar-refractivity contribution in [2.24, 2.45) is 0 Å². The first-order valence-corrected chi connectivity index (χ1v) is 12.6. The van der Waals surface area contributed by atoms with E-state index in [0.29, 0.717) is 52.7 Å². The Morgan fingerprint density at radius 1 is 1.00 bits per heavy atom. The molecule has 0 saturated carbocycles. The molecule has 0 radical (unpaired) electrons. The number of nitrogens with zero attached hydrogens (tertiary/aromatic N) is 2. The van der Waals surface area contributed by atoms with Crippen LogP contribution in [-0.2, 0) is 10.2 Å². The fourth-order valence-electron chi connectivity index (χ4n) is 3.89. The lowest BCUT2D eigenvalue weighted by molar-refractivity contribution is 0.102. The lowest BCUT2D eigenvalue weighted by Gasteiger charge is -2.28. The molecule has 7 nitrogen and oxygen atoms in total. The third kappa shape index (κ3) is 4.48. The zero-order chi connectivity index (χ0) is 23.7. The van der Waals surface area contributed by atoms with Crippen LogP contribution in [0.2, 0.25) is 5.02 Å². The summed E-state index contributed by atoms with van der Waals surface area (Å²) >= 11 is 6.44. The van der Waals surface area contributed by atoms with Crippen molar-refractivity contribution in [1.82, 2.24) is 9.71 Å². The van der Waals surface area contributed by atoms with E-state index in [4.69, 9.17) is 16.6 Å². The Labute approximate surface area is 202 Å². The smallest absolute Gasteiger partial charge is 0.301 e. The number of halogens is 1. The zero-order valence-corrected chi connectivity index (χ0v) is 19.6. The Morgan fingerprint density at radius 2 is 1.79 bits per heavy atom. The lowest BCUT2D eigenvalue weighted by atomic mass is 10.1. The molecule has 172 valence electrons. The van der Waals surface area contributed by atoms with Gasteiger partial charge in [0.15, 0.2) is 0 Å². The van der Waals surface area contributed by atoms with Crippen LogP contribution in [0.5, 0.6) is 0 Å². The van der Waals surface area contributed by atoms with Gasteiger partial charge in [-0.1, -0.05) is 35.9 Å². The van der Waals surface area contributed by atoms with E-state index < -0.39 is 10.2 Å². The molecule has 2 N–H and O–H groups in total. The molecule has 2 heterocycles. The van der Waals surface area contributed by atoms with E-state index in [0.717, 1.165) is 10.9 Å². The number of carbonyl (C=O) groups excluding carboxylic acids is 1. The van der Waals surface area contributed by atoms with Gasteiger partial charge in [0.1, 0.15) is 0 Å². The van der Waals surface area contributed by atoms with Crippen molar-refractivity contribution in [3.8, 4) is 11.3 Å². The second-order valence-electron chi connectivity index (χ2n) is 7.91. The van der Waals surface area contributed by atoms with Crippen LogP contribution in [0.4, 0.5) is 11.4 Å². The summed E-state index contributed by atoms with van der Waals surface area (Å²) in [6.07, 6.45) is 0.715. The molecule has 1 aromatic heterocycles. The highest BCUT2D eigenvalue weighted by Crippen LogP contribution is 2.31. The first-order valence-electron chi connectivity index (χ1n) is 10.8. The fourth-order valence-corrected chi connectivity index (χ4v) is 5.43. The lowest BCUT2D eigenvalue weighted by Crippen LogP contribution is -2.47. The number of benzene rings is 3. The number of nitrogens with one attached hydrogen (secondary N) is 2. The summed E-state index contributed by atoms with van der Waals surface area (Å²) in [7, 11) is -3.54. The van der Waals surface area contributed by atoms with Crippen LogP contribution in [0.3, 0.4) is 0 Å². The van der Waals surface area contributed by atoms with Crippen molar-refractivity contribution in [1.29, 1.82) is 0 Å². The van der Waals surface area contributed by atoms with Gasteiger partial charge in [0.05, 0.1) is 21.9 Å². The normalized spacial score (nSPS) is 15.3. The molecule has 3 aromatic carbocycles. The van der Waals surface area contributed by atoms with E-state index in [1.54, 1.807) is 42.5 Å². The quantitative estimate of drug-likeness (QED) is 0.426. The summed E-state index contributed by atoms with van der Waals surface area (Å²) in [5.41, 5.74) is 3.78. The third-order valence-corrected chi connectivity index (χ3v) is 7.50. The van der Waals surface area contributed by atoms with Crippen LogP contribution < -0.4 is 14.3 Å². The molecule has 1 amide bonds. The fraction of sp³-hybridized carbons (Fsp3) is 0.120. The van der Waals surface area contributed by atoms with Gasteiger partial charge in [-0.05, 0) is 61.0 Å². The summed E-state index contributed by atoms with van der Waals surface area (Å²) in [6, 6.07) is 23.4. The van der Waals surface area contributed by atoms with E-state index in [9.17, 15) is 13.2 Å². The van der Waals surface area contributed by atoms with Gasteiger partial charge in [0.25, 0.3) is 5.91 Å². The van der Waals surface area contributed by atoms with Crippen LogP contribution in [-0.4, -0.2) is 32.4 Å². The highest BCUT2D eigenvalue weighted by Gasteiger charge is 2.25. The Morgan fingerprint density at radius 3 is 2.59 bits per heavy atom. The molecule has 0 atom stereocenters. The van der Waals surface area contributed by atoms with Gasteiger partial charge in [-0.3, -0.25) is 9.10 Å². The second-order valence-corrected chi connectivity index (χ2v) is 10.00. The third-order valence-electron chi connectivity index (χ3n) is 5.63. The summed E-state index contributed by atoms with van der Waals surface area (Å²) in [4.78, 5) is 17.5. The molecule has 9 heteroatoms. The van der Waals surface area contributed by atoms with Crippen LogP contribution >= 0.6 is 11.6 Å². The molecule has 4 aromatic rings. The van der Waals surface area contributed by atoms with Gasteiger partial charge >= 0.3 is 10.2 Å². The maximum absolute atomic E-state index is 12.8. The Kier molecular flexibility index (Phi) is 5.95. The molecular weight excluding hydrogens is 472 g/mol. The Balaban J connectivity index is 1.36. The van der Waals surface area contributed by atoms with Gasteiger partial charge in [-0.15, -0.1) is 0 Å². The number of carbonyl (C=O) groups is 1. The van der Waals surface area contributed by atoms with Gasteiger partial charge in [-0.25, -0.2) is 4.98 Å². The highest BCUT2D eigenvalue weighted by atomic mass is 35.5. The van der Waals surface area contributed by atoms with Crippen molar-refractivity contribution in [2.45, 2.75) is 6.42 Å². The number of aromatic nitrogens is 1. The minimum Gasteiger partial charge on any atom is -0.322 e. The topological polar surface area (TPSA) is 91.4 Å². The number of fused-ring (bicyclic) bond motifs is 1. The van der Waals surface area contributed by atoms with E-state index in [-0.39, 0.29) is 5.91 Å². The van der Waals surface area contributed by atoms with Crippen LogP contribution in [0.1, 0.15) is 16.8 Å². The van der Waals surface area contributed by atoms with Crippen LogP contribution in [0.15, 0.2) is 78.9 Å². The molecule has 1 saturated heterocycles. The molecule has 34 heavy (non-hydrogen) atoms. The van der Waals surface area contributed by atoms with Gasteiger partial charge in [-0.2, -0.15) is 13.1 Å². The van der Waals surface area contributed by atoms with Gasteiger partial charge < -0.3 is 5.32 Å². The molecule has 5 rings (SSSR count). The summed E-state index contributed by atoms with van der Waals surface area (Å²) in [5.74, 6) is -0.314. The summed E-state index contributed by atoms with van der Waals surface area (Å²) < 4.78 is 28.2. The molecule has 1 aliphatic rings. The molecule has 1 fully saturated rings. The molecule has 0 aliphatic carbocycles. The second kappa shape index (κ2) is 9.06. The maximum Gasteiger partial charge on any atom is 0.301 e. The SMILES string of the molecule is O=C(Nc1ccc(Cl)c(-c2ccc3ccccc3n2)c1)c1ccc(N2CCCNS2(=O)=O)cc1. The summed E-state index contributed by atoms with van der Waals surface area (Å²) in [5, 5.41) is 4.44. The van der Waals surface area contributed by atoms with Crippen molar-refractivity contribution in [3.05, 3.63) is 89.4 Å². The molecule has 1 aliphatic heterocycles. The van der Waals surface area contributed by atoms with Crippen molar-refractivity contribution < 1.29 is 13.2 Å². The number of para-hydroxylation sites is 1. The average Bonchev–Trinajstić information content (AvgIpc) is 2.85. The highest BCUT2D eigenvalue weighted by molar-refractivity contribution is 7.90. The number of rotatable bonds is 4. The van der Waals surface area contributed by atoms with Gasteiger partial charge in [0, 0.05) is 35.3 Å². The Bertz CT molecular complexity index is 1490. The Hall–Kier alpha value is -3.46. The standard InChI is InChI=1S/C25H21ClN4O3S/c26-22-12-9-19(16-21(22)24-13-8-17-4-1-2-5-23(17)29-24)28-25(31)18-6-10-20(11-7-18)30-15-3-14-27-34(30,32)33/h1-2,4-13,16,27H,3,14-15H2,(H,28,31). The zero-order valence-electron chi connectivity index (χ0n) is 18.0. The van der Waals surface area contributed by atoms with Gasteiger partial charge in [0.2, 0.25) is 0 Å². The van der Waals surface area contributed by atoms with E-state index in [2.05, 4.69) is 10.0 Å². The monoisotopic (exact) mass is 492 g/mol. The summed E-state index contributed by atoms with van der Waals surface area (Å²) in [6.45, 7) is 0.828. The van der Waals surface area contributed by atoms with E-state index in [1.165, 1.54) is 4.31 Å². The minimum atomic E-state index is -3.54. The number of amides is 1. The van der Waals surface area contributed by atoms with Crippen molar-refractivity contribution in [3.63, 3.8) is 0 Å². The number of anilines is 2. The van der Waals surface area contributed by atoms with E-state index >= 15 is 0 Å². The predicted octanol–water partition coefficient (Wildman–Crippen LogP) is 4.85. The van der Waals surface area contributed by atoms with Crippen LogP contribution in [0.25, 0.3) is 22.2 Å².